The zero-order chi connectivity index (χ0) is 15.6. The van der Waals surface area contributed by atoms with Gasteiger partial charge in [-0.25, -0.2) is 22.0 Å². The molecule has 0 aliphatic carbocycles. The molecule has 0 atom stereocenters. The van der Waals surface area contributed by atoms with Gasteiger partial charge in [0, 0.05) is 18.0 Å². The van der Waals surface area contributed by atoms with E-state index in [2.05, 4.69) is 5.32 Å². The van der Waals surface area contributed by atoms with Crippen molar-refractivity contribution in [1.82, 2.24) is 0 Å². The maximum Gasteiger partial charge on any atom is 0.241 e. The lowest BCUT2D eigenvalue weighted by Crippen LogP contribution is -2.22. The second-order valence-corrected chi connectivity index (χ2v) is 7.70. The molecule has 1 rings (SSSR count). The van der Waals surface area contributed by atoms with Crippen molar-refractivity contribution in [3.05, 3.63) is 18.2 Å². The second kappa shape index (κ2) is 5.77. The Hall–Kier alpha value is -1.65. The van der Waals surface area contributed by atoms with E-state index >= 15 is 0 Å². The summed E-state index contributed by atoms with van der Waals surface area (Å²) < 4.78 is 49.3. The van der Waals surface area contributed by atoms with Crippen molar-refractivity contribution >= 4 is 31.5 Å². The topological polar surface area (TPSA) is 133 Å². The van der Waals surface area contributed by atoms with Crippen molar-refractivity contribution in [2.24, 2.45) is 5.14 Å². The lowest BCUT2D eigenvalue weighted by molar-refractivity contribution is -0.113. The van der Waals surface area contributed by atoms with Gasteiger partial charge in [0.2, 0.25) is 15.9 Å². The number of amides is 1. The summed E-state index contributed by atoms with van der Waals surface area (Å²) >= 11 is 0. The van der Waals surface area contributed by atoms with Crippen LogP contribution in [0.25, 0.3) is 0 Å². The smallest absolute Gasteiger partial charge is 0.241 e. The Bertz CT molecular complexity index is 724. The van der Waals surface area contributed by atoms with Crippen molar-refractivity contribution in [1.29, 1.82) is 0 Å². The monoisotopic (exact) mass is 322 g/mol. The van der Waals surface area contributed by atoms with Gasteiger partial charge in [-0.1, -0.05) is 0 Å². The standard InChI is InChI=1S/C10H14N2O6S2/c1-18-8-5-7(3-4-9(8)20(11,16)17)12-10(13)6-19(2,14)15/h3-5H,6H2,1-2H3,(H,12,13)(H2,11,16,17). The number of carbonyl (C=O) groups is 1. The Balaban J connectivity index is 3.03. The third-order valence-corrected chi connectivity index (χ3v) is 3.88. The number of hydrogen-bond donors (Lipinski definition) is 2. The summed E-state index contributed by atoms with van der Waals surface area (Å²) in [6.07, 6.45) is 0.928. The minimum atomic E-state index is -3.95. The van der Waals surface area contributed by atoms with E-state index in [1.165, 1.54) is 19.2 Å². The molecule has 1 aromatic rings. The lowest BCUT2D eigenvalue weighted by Gasteiger charge is -2.10. The summed E-state index contributed by atoms with van der Waals surface area (Å²) in [5.41, 5.74) is 0.197. The summed E-state index contributed by atoms with van der Waals surface area (Å²) in [5.74, 6) is -1.46. The van der Waals surface area contributed by atoms with Crippen LogP contribution < -0.4 is 15.2 Å². The van der Waals surface area contributed by atoms with Gasteiger partial charge >= 0.3 is 0 Å². The Morgan fingerprint density at radius 1 is 1.30 bits per heavy atom. The van der Waals surface area contributed by atoms with Crippen molar-refractivity contribution in [2.45, 2.75) is 4.90 Å². The zero-order valence-electron chi connectivity index (χ0n) is 10.8. The lowest BCUT2D eigenvalue weighted by atomic mass is 10.3. The quantitative estimate of drug-likeness (QED) is 0.738. The molecule has 1 aromatic carbocycles. The number of carbonyl (C=O) groups excluding carboxylic acids is 1. The van der Waals surface area contributed by atoms with Gasteiger partial charge in [-0.3, -0.25) is 4.79 Å². The number of methoxy groups -OCH3 is 1. The molecular formula is C10H14N2O6S2. The van der Waals surface area contributed by atoms with Crippen LogP contribution in [-0.2, 0) is 24.7 Å². The van der Waals surface area contributed by atoms with Gasteiger partial charge in [0.05, 0.1) is 7.11 Å². The molecular weight excluding hydrogens is 308 g/mol. The summed E-state index contributed by atoms with van der Waals surface area (Å²) in [6, 6.07) is 3.67. The number of ether oxygens (including phenoxy) is 1. The minimum absolute atomic E-state index is 0.0512. The van der Waals surface area contributed by atoms with E-state index < -0.39 is 31.5 Å². The average molecular weight is 322 g/mol. The summed E-state index contributed by atoms with van der Waals surface area (Å²) in [7, 11) is -6.16. The zero-order valence-corrected chi connectivity index (χ0v) is 12.4. The molecule has 3 N–H and O–H groups in total. The van der Waals surface area contributed by atoms with Gasteiger partial charge in [0.1, 0.15) is 16.4 Å². The third kappa shape index (κ3) is 4.79. The van der Waals surface area contributed by atoms with Crippen LogP contribution in [0.1, 0.15) is 0 Å². The number of anilines is 1. The van der Waals surface area contributed by atoms with Gasteiger partial charge in [0.15, 0.2) is 9.84 Å². The number of sulfone groups is 1. The van der Waals surface area contributed by atoms with Crippen LogP contribution in [0.4, 0.5) is 5.69 Å². The van der Waals surface area contributed by atoms with Crippen molar-refractivity contribution in [2.75, 3.05) is 24.4 Å². The van der Waals surface area contributed by atoms with E-state index in [-0.39, 0.29) is 16.3 Å². The fourth-order valence-corrected chi connectivity index (χ4v) is 2.64. The molecule has 112 valence electrons. The summed E-state index contributed by atoms with van der Waals surface area (Å²) in [6.45, 7) is 0. The Kier molecular flexibility index (Phi) is 4.73. The Morgan fingerprint density at radius 2 is 1.90 bits per heavy atom. The first-order valence-electron chi connectivity index (χ1n) is 5.21. The maximum atomic E-state index is 11.4. The van der Waals surface area contributed by atoms with Crippen LogP contribution in [-0.4, -0.2) is 41.9 Å². The minimum Gasteiger partial charge on any atom is -0.495 e. The highest BCUT2D eigenvalue weighted by atomic mass is 32.2. The van der Waals surface area contributed by atoms with Crippen molar-refractivity contribution < 1.29 is 26.4 Å². The Labute approximate surface area is 116 Å². The summed E-state index contributed by atoms with van der Waals surface area (Å²) in [5, 5.41) is 7.31. The van der Waals surface area contributed by atoms with E-state index in [9.17, 15) is 21.6 Å². The van der Waals surface area contributed by atoms with Crippen molar-refractivity contribution in [3.8, 4) is 5.75 Å². The SMILES string of the molecule is COc1cc(NC(=O)CS(C)(=O)=O)ccc1S(N)(=O)=O. The summed E-state index contributed by atoms with van der Waals surface area (Å²) in [4.78, 5) is 11.2. The number of nitrogens with two attached hydrogens (primary N) is 1. The first-order valence-corrected chi connectivity index (χ1v) is 8.82. The van der Waals surface area contributed by atoms with E-state index in [1.54, 1.807) is 0 Å². The van der Waals surface area contributed by atoms with Gasteiger partial charge in [-0.2, -0.15) is 0 Å². The predicted octanol–water partition coefficient (Wildman–Crippen LogP) is -0.674. The van der Waals surface area contributed by atoms with Crippen LogP contribution in [0.5, 0.6) is 5.75 Å². The number of primary sulfonamides is 1. The van der Waals surface area contributed by atoms with E-state index in [0.717, 1.165) is 12.3 Å². The van der Waals surface area contributed by atoms with Gasteiger partial charge in [0.25, 0.3) is 0 Å². The highest BCUT2D eigenvalue weighted by molar-refractivity contribution is 7.91. The fraction of sp³-hybridized carbons (Fsp3) is 0.300. The third-order valence-electron chi connectivity index (χ3n) is 2.15. The van der Waals surface area contributed by atoms with E-state index in [1.807, 2.05) is 0 Å². The van der Waals surface area contributed by atoms with E-state index in [4.69, 9.17) is 9.88 Å². The van der Waals surface area contributed by atoms with E-state index in [0.29, 0.717) is 0 Å². The Morgan fingerprint density at radius 3 is 2.35 bits per heavy atom. The molecule has 0 unspecified atom stereocenters. The fourth-order valence-electron chi connectivity index (χ4n) is 1.42. The van der Waals surface area contributed by atoms with Crippen LogP contribution >= 0.6 is 0 Å². The van der Waals surface area contributed by atoms with Crippen molar-refractivity contribution in [3.63, 3.8) is 0 Å². The normalized spacial score (nSPS) is 11.9. The molecule has 0 radical (unpaired) electrons. The largest absolute Gasteiger partial charge is 0.495 e. The van der Waals surface area contributed by atoms with Gasteiger partial charge in [-0.05, 0) is 12.1 Å². The second-order valence-electron chi connectivity index (χ2n) is 4.03. The number of benzene rings is 1. The van der Waals surface area contributed by atoms with Crippen LogP contribution in [0.2, 0.25) is 0 Å². The molecule has 0 heterocycles. The maximum absolute atomic E-state index is 11.4. The van der Waals surface area contributed by atoms with Gasteiger partial charge < -0.3 is 10.1 Å². The molecule has 0 saturated carbocycles. The first-order chi connectivity index (χ1) is 9.03. The molecule has 0 bridgehead atoms. The van der Waals surface area contributed by atoms with Crippen LogP contribution in [0.15, 0.2) is 23.1 Å². The predicted molar refractivity (Wildman–Crippen MR) is 72.7 cm³/mol. The molecule has 20 heavy (non-hydrogen) atoms. The molecule has 0 aliphatic rings. The number of sulfonamides is 1. The van der Waals surface area contributed by atoms with Crippen LogP contribution in [0.3, 0.4) is 0 Å². The number of nitrogens with one attached hydrogen (secondary N) is 1. The molecule has 0 fully saturated rings. The molecule has 0 aromatic heterocycles. The average Bonchev–Trinajstić information content (AvgIpc) is 2.24. The van der Waals surface area contributed by atoms with Gasteiger partial charge in [-0.15, -0.1) is 0 Å². The van der Waals surface area contributed by atoms with Crippen LogP contribution in [0, 0.1) is 0 Å². The molecule has 8 nitrogen and oxygen atoms in total. The molecule has 0 aliphatic heterocycles. The first kappa shape index (κ1) is 16.4. The number of hydrogen-bond acceptors (Lipinski definition) is 6. The highest BCUT2D eigenvalue weighted by Crippen LogP contribution is 2.26. The number of rotatable bonds is 5. The molecule has 10 heteroatoms. The molecule has 0 saturated heterocycles. The molecule has 1 amide bonds. The highest BCUT2D eigenvalue weighted by Gasteiger charge is 2.16. The molecule has 0 spiro atoms.